The van der Waals surface area contributed by atoms with Crippen LogP contribution in [-0.2, 0) is 0 Å². The number of fused-ring (bicyclic) bond motifs is 1. The van der Waals surface area contributed by atoms with Gasteiger partial charge in [0.25, 0.3) is 0 Å². The summed E-state index contributed by atoms with van der Waals surface area (Å²) in [5.74, 6) is 2.47. The first-order valence-corrected chi connectivity index (χ1v) is 11.1. The minimum Gasteiger partial charge on any atom is -0.497 e. The average molecular weight is 429 g/mol. The van der Waals surface area contributed by atoms with Crippen molar-refractivity contribution in [2.75, 3.05) is 31.4 Å². The van der Waals surface area contributed by atoms with Gasteiger partial charge in [0.1, 0.15) is 17.3 Å². The minimum atomic E-state index is 0.451. The van der Waals surface area contributed by atoms with E-state index in [4.69, 9.17) is 14.8 Å². The van der Waals surface area contributed by atoms with Gasteiger partial charge in [0.05, 0.1) is 23.9 Å². The summed E-state index contributed by atoms with van der Waals surface area (Å²) in [5.41, 5.74) is 4.68. The van der Waals surface area contributed by atoms with Crippen LogP contribution >= 0.6 is 0 Å². The van der Waals surface area contributed by atoms with Crippen molar-refractivity contribution in [1.82, 2.24) is 19.6 Å². The fourth-order valence-electron chi connectivity index (χ4n) is 4.44. The van der Waals surface area contributed by atoms with Gasteiger partial charge in [-0.2, -0.15) is 5.10 Å². The monoisotopic (exact) mass is 428 g/mol. The van der Waals surface area contributed by atoms with E-state index in [1.54, 1.807) is 7.11 Å². The van der Waals surface area contributed by atoms with Crippen molar-refractivity contribution in [3.8, 4) is 28.3 Å². The molecule has 1 saturated carbocycles. The summed E-state index contributed by atoms with van der Waals surface area (Å²) < 4.78 is 7.46. The van der Waals surface area contributed by atoms with Gasteiger partial charge in [0.15, 0.2) is 0 Å². The highest BCUT2D eigenvalue weighted by Gasteiger charge is 2.21. The molecule has 0 spiro atoms. The second-order valence-electron chi connectivity index (χ2n) is 8.42. The molecule has 0 aliphatic heterocycles. The normalized spacial score (nSPS) is 14.1. The van der Waals surface area contributed by atoms with Crippen molar-refractivity contribution in [3.05, 3.63) is 54.7 Å². The summed E-state index contributed by atoms with van der Waals surface area (Å²) >= 11 is 0. The molecular formula is C25H28N6O. The Hall–Kier alpha value is -3.61. The van der Waals surface area contributed by atoms with Crippen LogP contribution < -0.4 is 15.0 Å². The summed E-state index contributed by atoms with van der Waals surface area (Å²) in [6, 6.07) is 16.6. The second kappa shape index (κ2) is 8.49. The van der Waals surface area contributed by atoms with Crippen LogP contribution in [0.25, 0.3) is 28.0 Å². The first kappa shape index (κ1) is 20.3. The second-order valence-corrected chi connectivity index (χ2v) is 8.42. The number of pyridine rings is 1. The summed E-state index contributed by atoms with van der Waals surface area (Å²) in [6.45, 7) is 0. The molecular weight excluding hydrogens is 400 g/mol. The van der Waals surface area contributed by atoms with Crippen molar-refractivity contribution in [2.45, 2.75) is 31.7 Å². The number of hydrogen-bond acceptors (Lipinski definition) is 6. The molecule has 1 fully saturated rings. The molecule has 3 heterocycles. The molecule has 7 heteroatoms. The van der Waals surface area contributed by atoms with E-state index in [-0.39, 0.29) is 0 Å². The lowest BCUT2D eigenvalue weighted by Crippen LogP contribution is -2.16. The van der Waals surface area contributed by atoms with E-state index < -0.39 is 0 Å². The molecule has 164 valence electrons. The largest absolute Gasteiger partial charge is 0.497 e. The van der Waals surface area contributed by atoms with Gasteiger partial charge in [-0.3, -0.25) is 0 Å². The zero-order chi connectivity index (χ0) is 22.1. The fraction of sp³-hybridized carbons (Fsp3) is 0.320. The number of benzene rings is 1. The maximum absolute atomic E-state index is 5.47. The van der Waals surface area contributed by atoms with Gasteiger partial charge in [-0.25, -0.2) is 14.5 Å². The highest BCUT2D eigenvalue weighted by Crippen LogP contribution is 2.37. The van der Waals surface area contributed by atoms with Crippen LogP contribution in [0.4, 0.5) is 11.8 Å². The molecule has 32 heavy (non-hydrogen) atoms. The highest BCUT2D eigenvalue weighted by atomic mass is 16.5. The number of ether oxygens (including phenoxy) is 1. The smallest absolute Gasteiger partial charge is 0.223 e. The van der Waals surface area contributed by atoms with E-state index >= 15 is 0 Å². The van der Waals surface area contributed by atoms with E-state index in [1.807, 2.05) is 49.1 Å². The third-order valence-corrected chi connectivity index (χ3v) is 6.04. The number of nitrogens with zero attached hydrogens (tertiary/aromatic N) is 5. The fourth-order valence-corrected chi connectivity index (χ4v) is 4.44. The molecule has 1 N–H and O–H groups in total. The van der Waals surface area contributed by atoms with Crippen molar-refractivity contribution < 1.29 is 4.74 Å². The summed E-state index contributed by atoms with van der Waals surface area (Å²) in [5, 5.41) is 8.55. The van der Waals surface area contributed by atoms with Gasteiger partial charge in [0.2, 0.25) is 5.95 Å². The number of aromatic nitrogens is 4. The van der Waals surface area contributed by atoms with E-state index in [2.05, 4.69) is 39.5 Å². The lowest BCUT2D eigenvalue weighted by Gasteiger charge is -2.14. The standard InChI is InChI=1S/C25H28N6O/c1-30(2)22-13-7-12-21-23(20-14-15-26-25(28-20)27-18-9-4-5-10-18)24(29-31(21)22)17-8-6-11-19(16-17)32-3/h6-8,11-16,18H,4-5,9-10H2,1-3H3,(H,26,27,28). The van der Waals surface area contributed by atoms with E-state index in [0.29, 0.717) is 12.0 Å². The Labute approximate surface area is 188 Å². The third kappa shape index (κ3) is 3.75. The molecule has 5 rings (SSSR count). The Morgan fingerprint density at radius 1 is 1.06 bits per heavy atom. The first-order chi connectivity index (χ1) is 15.6. The first-order valence-electron chi connectivity index (χ1n) is 11.1. The molecule has 0 saturated heterocycles. The zero-order valence-corrected chi connectivity index (χ0v) is 18.7. The Bertz CT molecular complexity index is 1240. The minimum absolute atomic E-state index is 0.451. The number of anilines is 2. The summed E-state index contributed by atoms with van der Waals surface area (Å²) in [6.07, 6.45) is 6.70. The number of methoxy groups -OCH3 is 1. The van der Waals surface area contributed by atoms with Gasteiger partial charge >= 0.3 is 0 Å². The maximum Gasteiger partial charge on any atom is 0.223 e. The quantitative estimate of drug-likeness (QED) is 0.472. The van der Waals surface area contributed by atoms with Crippen LogP contribution in [-0.4, -0.2) is 46.8 Å². The van der Waals surface area contributed by atoms with Crippen LogP contribution in [0.3, 0.4) is 0 Å². The number of rotatable bonds is 6. The van der Waals surface area contributed by atoms with Gasteiger partial charge in [0, 0.05) is 31.9 Å². The van der Waals surface area contributed by atoms with Crippen LogP contribution in [0, 0.1) is 0 Å². The molecule has 0 bridgehead atoms. The average Bonchev–Trinajstić information content (AvgIpc) is 3.46. The highest BCUT2D eigenvalue weighted by molar-refractivity contribution is 5.92. The lowest BCUT2D eigenvalue weighted by molar-refractivity contribution is 0.415. The predicted octanol–water partition coefficient (Wildman–Crippen LogP) is 4.89. The molecule has 1 aliphatic carbocycles. The van der Waals surface area contributed by atoms with Crippen molar-refractivity contribution >= 4 is 17.3 Å². The van der Waals surface area contributed by atoms with Crippen molar-refractivity contribution in [3.63, 3.8) is 0 Å². The molecule has 0 unspecified atom stereocenters. The molecule has 0 amide bonds. The lowest BCUT2D eigenvalue weighted by atomic mass is 10.0. The van der Waals surface area contributed by atoms with Crippen LogP contribution in [0.5, 0.6) is 5.75 Å². The van der Waals surface area contributed by atoms with E-state index in [9.17, 15) is 0 Å². The Morgan fingerprint density at radius 2 is 1.88 bits per heavy atom. The van der Waals surface area contributed by atoms with E-state index in [0.717, 1.165) is 39.6 Å². The van der Waals surface area contributed by atoms with Crippen LogP contribution in [0.15, 0.2) is 54.7 Å². The Morgan fingerprint density at radius 3 is 2.66 bits per heavy atom. The zero-order valence-electron chi connectivity index (χ0n) is 18.7. The van der Waals surface area contributed by atoms with Gasteiger partial charge in [-0.05, 0) is 43.2 Å². The van der Waals surface area contributed by atoms with Crippen molar-refractivity contribution in [1.29, 1.82) is 0 Å². The third-order valence-electron chi connectivity index (χ3n) is 6.04. The predicted molar refractivity (Wildman–Crippen MR) is 128 cm³/mol. The molecule has 1 aromatic carbocycles. The van der Waals surface area contributed by atoms with Gasteiger partial charge < -0.3 is 15.0 Å². The van der Waals surface area contributed by atoms with Crippen molar-refractivity contribution in [2.24, 2.45) is 0 Å². The molecule has 4 aromatic rings. The molecule has 0 radical (unpaired) electrons. The SMILES string of the molecule is COc1cccc(-c2nn3c(N(C)C)cccc3c2-c2ccnc(NC3CCCC3)n2)c1. The molecule has 3 aromatic heterocycles. The van der Waals surface area contributed by atoms with Gasteiger partial charge in [-0.1, -0.05) is 31.0 Å². The Balaban J connectivity index is 1.69. The molecule has 1 aliphatic rings. The summed E-state index contributed by atoms with van der Waals surface area (Å²) in [7, 11) is 5.73. The summed E-state index contributed by atoms with van der Waals surface area (Å²) in [4.78, 5) is 11.5. The molecule has 0 atom stereocenters. The number of hydrogen-bond donors (Lipinski definition) is 1. The topological polar surface area (TPSA) is 67.6 Å². The van der Waals surface area contributed by atoms with E-state index in [1.165, 1.54) is 25.7 Å². The van der Waals surface area contributed by atoms with Crippen LogP contribution in [0.1, 0.15) is 25.7 Å². The number of nitrogens with one attached hydrogen (secondary N) is 1. The van der Waals surface area contributed by atoms with Crippen LogP contribution in [0.2, 0.25) is 0 Å². The molecule has 7 nitrogen and oxygen atoms in total. The van der Waals surface area contributed by atoms with Gasteiger partial charge in [-0.15, -0.1) is 0 Å². The maximum atomic E-state index is 5.47. The Kier molecular flexibility index (Phi) is 5.39.